The molecule has 0 radical (unpaired) electrons. The minimum Gasteiger partial charge on any atom is -0.493 e. The van der Waals surface area contributed by atoms with E-state index in [-0.39, 0.29) is 5.91 Å². The fourth-order valence-corrected chi connectivity index (χ4v) is 3.52. The number of hydrogen-bond acceptors (Lipinski definition) is 4. The second-order valence-electron chi connectivity index (χ2n) is 7.20. The predicted octanol–water partition coefficient (Wildman–Crippen LogP) is 3.11. The Morgan fingerprint density at radius 1 is 0.964 bits per heavy atom. The Kier molecular flexibility index (Phi) is 7.88. The lowest BCUT2D eigenvalue weighted by atomic mass is 10.1. The summed E-state index contributed by atoms with van der Waals surface area (Å²) < 4.78 is 5.64. The molecule has 0 aromatic heterocycles. The van der Waals surface area contributed by atoms with E-state index < -0.39 is 6.10 Å². The summed E-state index contributed by atoms with van der Waals surface area (Å²) in [5.74, 6) is 0.955. The first-order chi connectivity index (χ1) is 13.7. The molecular formula is C23H30N2O3. The molecule has 0 unspecified atom stereocenters. The lowest BCUT2D eigenvalue weighted by molar-refractivity contribution is -0.131. The average molecular weight is 383 g/mol. The average Bonchev–Trinajstić information content (AvgIpc) is 2.99. The minimum atomic E-state index is -0.433. The number of aliphatic hydroxyl groups is 1. The van der Waals surface area contributed by atoms with E-state index in [1.807, 2.05) is 65.6 Å². The first-order valence-corrected chi connectivity index (χ1v) is 10.1. The third-order valence-corrected chi connectivity index (χ3v) is 5.17. The van der Waals surface area contributed by atoms with Crippen molar-refractivity contribution >= 4 is 5.91 Å². The molecule has 1 aliphatic heterocycles. The molecule has 1 aliphatic rings. The molecule has 2 aromatic carbocycles. The molecule has 0 saturated carbocycles. The van der Waals surface area contributed by atoms with Gasteiger partial charge in [-0.05, 0) is 37.1 Å². The van der Waals surface area contributed by atoms with Crippen LogP contribution in [0.15, 0.2) is 60.7 Å². The van der Waals surface area contributed by atoms with Gasteiger partial charge in [0.05, 0.1) is 19.1 Å². The van der Waals surface area contributed by atoms with Crippen molar-refractivity contribution in [3.8, 4) is 5.75 Å². The third kappa shape index (κ3) is 6.36. The Labute approximate surface area is 167 Å². The van der Waals surface area contributed by atoms with Crippen LogP contribution in [0.4, 0.5) is 0 Å². The lowest BCUT2D eigenvalue weighted by Gasteiger charge is -2.23. The maximum absolute atomic E-state index is 12.5. The van der Waals surface area contributed by atoms with Crippen LogP contribution in [0, 0.1) is 0 Å². The normalized spacial score (nSPS) is 16.4. The number of para-hydroxylation sites is 1. The monoisotopic (exact) mass is 382 g/mol. The summed E-state index contributed by atoms with van der Waals surface area (Å²) in [6.45, 7) is 4.60. The van der Waals surface area contributed by atoms with E-state index in [1.165, 1.54) is 0 Å². The maximum Gasteiger partial charge on any atom is 0.226 e. The Morgan fingerprint density at radius 2 is 1.68 bits per heavy atom. The summed E-state index contributed by atoms with van der Waals surface area (Å²) in [5.41, 5.74) is 0.965. The van der Waals surface area contributed by atoms with Crippen molar-refractivity contribution < 1.29 is 14.6 Å². The molecule has 28 heavy (non-hydrogen) atoms. The highest BCUT2D eigenvalue weighted by atomic mass is 16.5. The van der Waals surface area contributed by atoms with Gasteiger partial charge in [-0.15, -0.1) is 0 Å². The molecule has 0 aliphatic carbocycles. The van der Waals surface area contributed by atoms with Crippen molar-refractivity contribution in [3.63, 3.8) is 0 Å². The molecule has 1 heterocycles. The zero-order chi connectivity index (χ0) is 19.6. The van der Waals surface area contributed by atoms with Crippen molar-refractivity contribution in [1.82, 2.24) is 9.80 Å². The van der Waals surface area contributed by atoms with E-state index in [9.17, 15) is 9.90 Å². The predicted molar refractivity (Wildman–Crippen MR) is 110 cm³/mol. The fourth-order valence-electron chi connectivity index (χ4n) is 3.52. The van der Waals surface area contributed by atoms with Gasteiger partial charge in [-0.3, -0.25) is 4.79 Å². The van der Waals surface area contributed by atoms with Crippen LogP contribution < -0.4 is 4.74 Å². The number of carbonyl (C=O) groups is 1. The highest BCUT2D eigenvalue weighted by Crippen LogP contribution is 2.17. The number of amides is 1. The van der Waals surface area contributed by atoms with Crippen molar-refractivity contribution in [1.29, 1.82) is 0 Å². The van der Waals surface area contributed by atoms with Crippen molar-refractivity contribution in [3.05, 3.63) is 66.2 Å². The summed E-state index contributed by atoms with van der Waals surface area (Å²) in [4.78, 5) is 16.8. The molecule has 0 spiro atoms. The van der Waals surface area contributed by atoms with E-state index in [4.69, 9.17) is 4.74 Å². The Hall–Kier alpha value is -2.37. The van der Waals surface area contributed by atoms with Gasteiger partial charge in [-0.2, -0.15) is 0 Å². The topological polar surface area (TPSA) is 53.0 Å². The van der Waals surface area contributed by atoms with Gasteiger partial charge in [0.2, 0.25) is 5.91 Å². The summed E-state index contributed by atoms with van der Waals surface area (Å²) in [6, 6.07) is 19.4. The second kappa shape index (κ2) is 10.8. The number of ether oxygens (including phenoxy) is 1. The van der Waals surface area contributed by atoms with Crippen LogP contribution in [0.25, 0.3) is 0 Å². The molecule has 1 amide bonds. The smallest absolute Gasteiger partial charge is 0.226 e. The number of rotatable bonds is 8. The fraction of sp³-hybridized carbons (Fsp3) is 0.435. The van der Waals surface area contributed by atoms with E-state index in [1.54, 1.807) is 0 Å². The van der Waals surface area contributed by atoms with Gasteiger partial charge in [0, 0.05) is 26.2 Å². The zero-order valence-corrected chi connectivity index (χ0v) is 16.4. The van der Waals surface area contributed by atoms with Crippen molar-refractivity contribution in [2.75, 3.05) is 39.3 Å². The van der Waals surface area contributed by atoms with Crippen LogP contribution in [0.1, 0.15) is 30.9 Å². The molecule has 1 N–H and O–H groups in total. The van der Waals surface area contributed by atoms with Gasteiger partial charge in [0.25, 0.3) is 0 Å². The second-order valence-corrected chi connectivity index (χ2v) is 7.20. The van der Waals surface area contributed by atoms with Crippen LogP contribution in [0.5, 0.6) is 5.75 Å². The van der Waals surface area contributed by atoms with Crippen LogP contribution in [0.2, 0.25) is 0 Å². The van der Waals surface area contributed by atoms with Crippen LogP contribution in [-0.2, 0) is 4.79 Å². The number of nitrogens with zero attached hydrogens (tertiary/aromatic N) is 2. The quantitative estimate of drug-likeness (QED) is 0.762. The van der Waals surface area contributed by atoms with E-state index in [0.29, 0.717) is 19.4 Å². The Bertz CT molecular complexity index is 708. The van der Waals surface area contributed by atoms with Crippen LogP contribution >= 0.6 is 0 Å². The first kappa shape index (κ1) is 20.4. The molecule has 1 saturated heterocycles. The van der Waals surface area contributed by atoms with Gasteiger partial charge in [0.15, 0.2) is 0 Å². The van der Waals surface area contributed by atoms with Crippen LogP contribution in [-0.4, -0.2) is 60.1 Å². The molecule has 5 nitrogen and oxygen atoms in total. The van der Waals surface area contributed by atoms with Crippen molar-refractivity contribution in [2.24, 2.45) is 0 Å². The van der Waals surface area contributed by atoms with Gasteiger partial charge in [-0.1, -0.05) is 48.5 Å². The van der Waals surface area contributed by atoms with Crippen molar-refractivity contribution in [2.45, 2.75) is 25.4 Å². The van der Waals surface area contributed by atoms with E-state index >= 15 is 0 Å². The Morgan fingerprint density at radius 3 is 2.43 bits per heavy atom. The summed E-state index contributed by atoms with van der Waals surface area (Å²) in [7, 11) is 0. The van der Waals surface area contributed by atoms with Gasteiger partial charge in [-0.25, -0.2) is 0 Å². The molecule has 1 atom stereocenters. The molecule has 5 heteroatoms. The molecule has 150 valence electrons. The first-order valence-electron chi connectivity index (χ1n) is 10.1. The van der Waals surface area contributed by atoms with E-state index in [2.05, 4.69) is 4.90 Å². The van der Waals surface area contributed by atoms with Crippen LogP contribution in [0.3, 0.4) is 0 Å². The highest BCUT2D eigenvalue weighted by Gasteiger charge is 2.19. The standard InChI is InChI=1S/C23H30N2O3/c26-22(20-8-3-1-4-9-20)12-16-24-14-7-15-25(18-17-24)23(27)13-19-28-21-10-5-2-6-11-21/h1-6,8-11,22,26H,7,12-19H2/t22-/m1/s1. The zero-order valence-electron chi connectivity index (χ0n) is 16.4. The molecular weight excluding hydrogens is 352 g/mol. The van der Waals surface area contributed by atoms with Gasteiger partial charge in [0.1, 0.15) is 5.75 Å². The lowest BCUT2D eigenvalue weighted by Crippen LogP contribution is -2.36. The SMILES string of the molecule is O=C(CCOc1ccccc1)N1CCCN(CC[C@@H](O)c2ccccc2)CC1. The summed E-state index contributed by atoms with van der Waals surface area (Å²) in [6.07, 6.45) is 1.65. The van der Waals surface area contributed by atoms with E-state index in [0.717, 1.165) is 50.5 Å². The number of aliphatic hydroxyl groups excluding tert-OH is 1. The molecule has 2 aromatic rings. The van der Waals surface area contributed by atoms with Gasteiger partial charge >= 0.3 is 0 Å². The highest BCUT2D eigenvalue weighted by molar-refractivity contribution is 5.76. The number of benzene rings is 2. The molecule has 0 bridgehead atoms. The summed E-state index contributed by atoms with van der Waals surface area (Å²) >= 11 is 0. The molecule has 1 fully saturated rings. The summed E-state index contributed by atoms with van der Waals surface area (Å²) in [5, 5.41) is 10.3. The Balaban J connectivity index is 1.37. The number of carbonyl (C=O) groups excluding carboxylic acids is 1. The molecule has 3 rings (SSSR count). The third-order valence-electron chi connectivity index (χ3n) is 5.17. The van der Waals surface area contributed by atoms with Gasteiger partial charge < -0.3 is 19.6 Å². The number of hydrogen-bond donors (Lipinski definition) is 1. The minimum absolute atomic E-state index is 0.155. The maximum atomic E-state index is 12.5. The largest absolute Gasteiger partial charge is 0.493 e.